The van der Waals surface area contributed by atoms with Gasteiger partial charge in [0.15, 0.2) is 0 Å². The molecular weight excluding hydrogens is 354 g/mol. The van der Waals surface area contributed by atoms with E-state index in [0.717, 1.165) is 38.7 Å². The minimum atomic E-state index is -0.390. The lowest BCUT2D eigenvalue weighted by Gasteiger charge is -2.32. The van der Waals surface area contributed by atoms with Crippen LogP contribution in [0.5, 0.6) is 0 Å². The van der Waals surface area contributed by atoms with Crippen LogP contribution in [-0.4, -0.2) is 78.4 Å². The molecule has 1 aromatic rings. The number of nitrogens with zero attached hydrogens (tertiary/aromatic N) is 4. The fraction of sp³-hybridized carbons (Fsp3) is 0.529. The summed E-state index contributed by atoms with van der Waals surface area (Å²) in [5, 5.41) is 0.698. The zero-order valence-electron chi connectivity index (χ0n) is 14.9. The fourth-order valence-corrected chi connectivity index (χ4v) is 4.01. The van der Waals surface area contributed by atoms with Gasteiger partial charge in [-0.15, -0.1) is 0 Å². The topological polar surface area (TPSA) is 80.1 Å². The van der Waals surface area contributed by atoms with Crippen LogP contribution in [-0.2, 0) is 14.3 Å². The third kappa shape index (κ3) is 4.73. The normalized spacial score (nSPS) is 20.0. The number of amides is 1. The Morgan fingerprint density at radius 2 is 2.08 bits per heavy atom. The Labute approximate surface area is 157 Å². The molecule has 1 amide bonds. The van der Waals surface area contributed by atoms with Gasteiger partial charge in [-0.1, -0.05) is 11.8 Å². The number of quaternary nitrogens is 1. The third-order valence-electron chi connectivity index (χ3n) is 4.43. The minimum absolute atomic E-state index is 0.0567. The highest BCUT2D eigenvalue weighted by Gasteiger charge is 2.29. The second-order valence-corrected chi connectivity index (χ2v) is 7.10. The molecule has 0 unspecified atom stereocenters. The molecule has 1 N–H and O–H groups in total. The van der Waals surface area contributed by atoms with Gasteiger partial charge in [0.25, 0.3) is 0 Å². The lowest BCUT2D eigenvalue weighted by molar-refractivity contribution is -0.899. The highest BCUT2D eigenvalue weighted by atomic mass is 32.2. The Balaban J connectivity index is 1.49. The molecule has 8 nitrogen and oxygen atoms in total. The number of rotatable bonds is 6. The van der Waals surface area contributed by atoms with E-state index in [-0.39, 0.29) is 5.91 Å². The largest absolute Gasteiger partial charge is 0.463 e. The molecule has 0 spiro atoms. The predicted molar refractivity (Wildman–Crippen MR) is 98.7 cm³/mol. The summed E-state index contributed by atoms with van der Waals surface area (Å²) in [6.45, 7) is 7.32. The minimum Gasteiger partial charge on any atom is -0.463 e. The average Bonchev–Trinajstić information content (AvgIpc) is 3.01. The van der Waals surface area contributed by atoms with Gasteiger partial charge in [0.2, 0.25) is 11.9 Å². The Bertz CT molecular complexity index is 662. The number of piperazine rings is 1. The summed E-state index contributed by atoms with van der Waals surface area (Å²) >= 11 is 1.40. The van der Waals surface area contributed by atoms with Crippen molar-refractivity contribution >= 4 is 29.6 Å². The van der Waals surface area contributed by atoms with Gasteiger partial charge in [-0.3, -0.25) is 4.79 Å². The highest BCUT2D eigenvalue weighted by Crippen LogP contribution is 2.28. The van der Waals surface area contributed by atoms with Gasteiger partial charge in [-0.05, 0) is 13.0 Å². The number of thioether (sulfide) groups is 1. The molecule has 2 aliphatic rings. The van der Waals surface area contributed by atoms with Crippen LogP contribution in [0.4, 0.5) is 5.95 Å². The Hall–Kier alpha value is -2.13. The number of hydrogen-bond donors (Lipinski definition) is 1. The zero-order chi connectivity index (χ0) is 18.4. The number of esters is 1. The van der Waals surface area contributed by atoms with Crippen LogP contribution in [0.2, 0.25) is 0 Å². The summed E-state index contributed by atoms with van der Waals surface area (Å²) in [5.41, 5.74) is 0. The van der Waals surface area contributed by atoms with E-state index in [1.165, 1.54) is 22.7 Å². The van der Waals surface area contributed by atoms with Gasteiger partial charge in [0.05, 0.1) is 62.7 Å². The van der Waals surface area contributed by atoms with Gasteiger partial charge in [0.1, 0.15) is 0 Å². The van der Waals surface area contributed by atoms with Crippen molar-refractivity contribution < 1.29 is 19.2 Å². The number of anilines is 1. The predicted octanol–water partition coefficient (Wildman–Crippen LogP) is -0.839. The third-order valence-corrected chi connectivity index (χ3v) is 5.46. The molecule has 2 fully saturated rings. The van der Waals surface area contributed by atoms with Crippen LogP contribution in [0.15, 0.2) is 29.6 Å². The van der Waals surface area contributed by atoms with Crippen LogP contribution >= 0.6 is 11.8 Å². The van der Waals surface area contributed by atoms with Gasteiger partial charge >= 0.3 is 5.97 Å². The fourth-order valence-electron chi connectivity index (χ4n) is 3.05. The molecule has 1 aromatic heterocycles. The number of aromatic nitrogens is 2. The lowest BCUT2D eigenvalue weighted by atomic mass is 10.3. The molecular formula is C17H24N5O3S+. The van der Waals surface area contributed by atoms with E-state index >= 15 is 0 Å². The van der Waals surface area contributed by atoms with E-state index in [9.17, 15) is 9.59 Å². The Kier molecular flexibility index (Phi) is 6.45. The van der Waals surface area contributed by atoms with Crippen LogP contribution in [0.3, 0.4) is 0 Å². The number of hydrogen-bond acceptors (Lipinski definition) is 7. The van der Waals surface area contributed by atoms with Crippen LogP contribution in [0.25, 0.3) is 0 Å². The molecule has 140 valence electrons. The number of carbonyl (C=O) groups excluding carboxylic acids is 2. The van der Waals surface area contributed by atoms with Gasteiger partial charge < -0.3 is 19.4 Å². The smallest absolute Gasteiger partial charge is 0.333 e. The van der Waals surface area contributed by atoms with E-state index < -0.39 is 5.97 Å². The van der Waals surface area contributed by atoms with E-state index in [1.54, 1.807) is 24.2 Å². The summed E-state index contributed by atoms with van der Waals surface area (Å²) in [7, 11) is 0. The number of carbonyl (C=O) groups is 2. The molecule has 0 bridgehead atoms. The Morgan fingerprint density at radius 3 is 2.77 bits per heavy atom. The first-order chi connectivity index (χ1) is 12.7. The van der Waals surface area contributed by atoms with Gasteiger partial charge in [-0.2, -0.15) is 0 Å². The monoisotopic (exact) mass is 378 g/mol. The maximum absolute atomic E-state index is 12.1. The van der Waals surface area contributed by atoms with Crippen molar-refractivity contribution in [2.75, 3.05) is 56.5 Å². The van der Waals surface area contributed by atoms with E-state index in [1.807, 2.05) is 6.07 Å². The summed E-state index contributed by atoms with van der Waals surface area (Å²) in [4.78, 5) is 37.7. The second kappa shape index (κ2) is 9.00. The Morgan fingerprint density at radius 1 is 1.35 bits per heavy atom. The van der Waals surface area contributed by atoms with Gasteiger partial charge in [0, 0.05) is 12.4 Å². The van der Waals surface area contributed by atoms with Crippen LogP contribution in [0, 0.1) is 0 Å². The molecule has 9 heteroatoms. The van der Waals surface area contributed by atoms with Crippen molar-refractivity contribution in [1.29, 1.82) is 0 Å². The standard InChI is InChI=1S/C17H23N5O3S/c1-2-25-16(24)12-15-22(14(23)13-26-15)11-8-20-6-9-21(10-7-20)17-18-4-3-5-19-17/h3-5,12H,2,6-11,13H2,1H3/p+1/b15-12-. The molecule has 0 aliphatic carbocycles. The molecule has 0 aromatic carbocycles. The maximum Gasteiger partial charge on any atom is 0.333 e. The molecule has 3 heterocycles. The van der Waals surface area contributed by atoms with Crippen LogP contribution in [0.1, 0.15) is 6.92 Å². The number of ether oxygens (including phenoxy) is 1. The quantitative estimate of drug-likeness (QED) is 0.511. The van der Waals surface area contributed by atoms with Crippen LogP contribution < -0.4 is 9.80 Å². The molecule has 3 rings (SSSR count). The van der Waals surface area contributed by atoms with Crippen molar-refractivity contribution in [3.8, 4) is 0 Å². The summed E-state index contributed by atoms with van der Waals surface area (Å²) in [6, 6.07) is 1.82. The summed E-state index contributed by atoms with van der Waals surface area (Å²) < 4.78 is 4.95. The van der Waals surface area contributed by atoms with Crippen molar-refractivity contribution in [3.05, 3.63) is 29.6 Å². The van der Waals surface area contributed by atoms with Crippen molar-refractivity contribution in [1.82, 2.24) is 14.9 Å². The second-order valence-electron chi connectivity index (χ2n) is 6.10. The molecule has 26 heavy (non-hydrogen) atoms. The van der Waals surface area contributed by atoms with E-state index in [4.69, 9.17) is 4.74 Å². The molecule has 0 atom stereocenters. The van der Waals surface area contributed by atoms with E-state index in [0.29, 0.717) is 23.9 Å². The van der Waals surface area contributed by atoms with Crippen molar-refractivity contribution in [3.63, 3.8) is 0 Å². The van der Waals surface area contributed by atoms with Crippen molar-refractivity contribution in [2.24, 2.45) is 0 Å². The zero-order valence-corrected chi connectivity index (χ0v) is 15.7. The number of nitrogens with one attached hydrogen (secondary N) is 1. The summed E-state index contributed by atoms with van der Waals surface area (Å²) in [6.07, 6.45) is 4.95. The first kappa shape index (κ1) is 18.7. The first-order valence-electron chi connectivity index (χ1n) is 8.84. The summed E-state index contributed by atoms with van der Waals surface area (Å²) in [5.74, 6) is 0.830. The molecule has 0 radical (unpaired) electrons. The molecule has 2 aliphatic heterocycles. The van der Waals surface area contributed by atoms with E-state index in [2.05, 4.69) is 14.9 Å². The molecule has 0 saturated carbocycles. The average molecular weight is 378 g/mol. The SMILES string of the molecule is CCOC(=O)/C=C1\SCC(=O)N1CC[NH+]1CCN(c2ncccn2)CC1. The first-order valence-corrected chi connectivity index (χ1v) is 9.83. The lowest BCUT2D eigenvalue weighted by Crippen LogP contribution is -3.15. The van der Waals surface area contributed by atoms with Crippen molar-refractivity contribution in [2.45, 2.75) is 6.92 Å². The van der Waals surface area contributed by atoms with Gasteiger partial charge in [-0.25, -0.2) is 14.8 Å². The highest BCUT2D eigenvalue weighted by molar-refractivity contribution is 8.04. The maximum atomic E-state index is 12.1. The molecule has 2 saturated heterocycles.